The second kappa shape index (κ2) is 19.0. The lowest BCUT2D eigenvalue weighted by Crippen LogP contribution is -2.11. The van der Waals surface area contributed by atoms with Gasteiger partial charge in [0.15, 0.2) is 0 Å². The topological polar surface area (TPSA) is 6.48 Å². The van der Waals surface area contributed by atoms with Gasteiger partial charge in [0, 0.05) is 34.1 Å². The Morgan fingerprint density at radius 3 is 0.722 bits per heavy atom. The van der Waals surface area contributed by atoms with Gasteiger partial charge < -0.3 is 9.80 Å². The SMILES string of the molecule is Cc1cc(C)cc(N(c2cc(C)cc(C)c2)c2ccc3c(-c4ccc(-c5ccccc5)cc4)c4cc(N(c5cc(C)cc(C)c5)c5cc(C)cc(C)c5)ccc4c(-c4ccc(-c5ccccc5)cc4)c3c2)c1. The van der Waals surface area contributed by atoms with Crippen LogP contribution in [0, 0.1) is 55.4 Å². The van der Waals surface area contributed by atoms with E-state index in [-0.39, 0.29) is 0 Å². The third-order valence-corrected chi connectivity index (χ3v) is 14.0. The number of benzene rings is 11. The Morgan fingerprint density at radius 1 is 0.194 bits per heavy atom. The van der Waals surface area contributed by atoms with Crippen molar-refractivity contribution in [1.82, 2.24) is 0 Å². The molecule has 2 nitrogen and oxygen atoms in total. The molecule has 0 spiro atoms. The van der Waals surface area contributed by atoms with Crippen molar-refractivity contribution in [2.45, 2.75) is 55.4 Å². The van der Waals surface area contributed by atoms with Crippen molar-refractivity contribution in [2.24, 2.45) is 0 Å². The maximum Gasteiger partial charge on any atom is 0.0468 e. The molecule has 2 heteroatoms. The quantitative estimate of drug-likeness (QED) is 0.126. The molecule has 0 N–H and O–H groups in total. The van der Waals surface area contributed by atoms with E-state index in [9.17, 15) is 0 Å². The van der Waals surface area contributed by atoms with Gasteiger partial charge in [-0.15, -0.1) is 0 Å². The first kappa shape index (κ1) is 46.0. The Morgan fingerprint density at radius 2 is 0.444 bits per heavy atom. The van der Waals surface area contributed by atoms with Gasteiger partial charge in [0.2, 0.25) is 0 Å². The highest BCUT2D eigenvalue weighted by atomic mass is 15.1. The van der Waals surface area contributed by atoms with Crippen LogP contribution in [0.2, 0.25) is 0 Å². The summed E-state index contributed by atoms with van der Waals surface area (Å²) in [6.45, 7) is 17.6. The van der Waals surface area contributed by atoms with Crippen LogP contribution < -0.4 is 9.80 Å². The van der Waals surface area contributed by atoms with E-state index < -0.39 is 0 Å². The van der Waals surface area contributed by atoms with Gasteiger partial charge in [-0.3, -0.25) is 0 Å². The average Bonchev–Trinajstić information content (AvgIpc) is 3.35. The summed E-state index contributed by atoms with van der Waals surface area (Å²) >= 11 is 0. The maximum absolute atomic E-state index is 2.46. The Kier molecular flexibility index (Phi) is 12.2. The van der Waals surface area contributed by atoms with Crippen LogP contribution in [0.15, 0.2) is 218 Å². The summed E-state index contributed by atoms with van der Waals surface area (Å²) in [6, 6.07) is 81.8. The molecule has 0 amide bonds. The van der Waals surface area contributed by atoms with Crippen molar-refractivity contribution >= 4 is 55.7 Å². The van der Waals surface area contributed by atoms with Gasteiger partial charge in [-0.25, -0.2) is 0 Å². The molecule has 0 aliphatic heterocycles. The fourth-order valence-electron chi connectivity index (χ4n) is 11.2. The second-order valence-corrected chi connectivity index (χ2v) is 20.2. The molecule has 0 bridgehead atoms. The molecule has 0 unspecified atom stereocenters. The molecule has 0 heterocycles. The highest BCUT2D eigenvalue weighted by Crippen LogP contribution is 2.49. The monoisotopic (exact) mass is 928 g/mol. The number of nitrogens with zero attached hydrogens (tertiary/aromatic N) is 2. The van der Waals surface area contributed by atoms with Gasteiger partial charge in [-0.05, 0) is 239 Å². The fourth-order valence-corrected chi connectivity index (χ4v) is 11.2. The van der Waals surface area contributed by atoms with E-state index in [0.29, 0.717) is 0 Å². The molecule has 0 fully saturated rings. The third-order valence-electron chi connectivity index (χ3n) is 14.0. The Bertz CT molecular complexity index is 3370. The fraction of sp³-hybridized carbons (Fsp3) is 0.114. The molecule has 0 saturated carbocycles. The van der Waals surface area contributed by atoms with Crippen molar-refractivity contribution in [3.8, 4) is 44.5 Å². The highest BCUT2D eigenvalue weighted by molar-refractivity contribution is 6.23. The molecular weight excluding hydrogens is 869 g/mol. The van der Waals surface area contributed by atoms with E-state index in [1.807, 2.05) is 0 Å². The van der Waals surface area contributed by atoms with Crippen LogP contribution in [0.25, 0.3) is 66.1 Å². The van der Waals surface area contributed by atoms with Crippen LogP contribution in [0.4, 0.5) is 34.1 Å². The first-order valence-corrected chi connectivity index (χ1v) is 25.2. The summed E-state index contributed by atoms with van der Waals surface area (Å²) in [5, 5.41) is 4.79. The minimum atomic E-state index is 1.11. The number of hydrogen-bond donors (Lipinski definition) is 0. The summed E-state index contributed by atoms with van der Waals surface area (Å²) in [4.78, 5) is 4.91. The molecule has 0 atom stereocenters. The van der Waals surface area contributed by atoms with Crippen LogP contribution >= 0.6 is 0 Å². The largest absolute Gasteiger partial charge is 0.310 e. The van der Waals surface area contributed by atoms with E-state index >= 15 is 0 Å². The summed E-state index contributed by atoms with van der Waals surface area (Å²) < 4.78 is 0. The van der Waals surface area contributed by atoms with Gasteiger partial charge in [0.05, 0.1) is 0 Å². The van der Waals surface area contributed by atoms with Crippen LogP contribution in [-0.4, -0.2) is 0 Å². The molecule has 0 aliphatic carbocycles. The normalized spacial score (nSPS) is 11.3. The Labute approximate surface area is 426 Å². The van der Waals surface area contributed by atoms with E-state index in [2.05, 4.69) is 284 Å². The van der Waals surface area contributed by atoms with E-state index in [1.54, 1.807) is 0 Å². The zero-order chi connectivity index (χ0) is 49.6. The summed E-state index contributed by atoms with van der Waals surface area (Å²) in [7, 11) is 0. The standard InChI is InChI=1S/C70H60N2/c1-45-31-46(2)36-61(35-45)71(62-37-47(3)32-48(4)38-62)59-27-29-65-67(43-59)69(57-23-19-55(20-24-57)53-15-11-9-12-16-53)66-30-28-60(44-68(66)70(65)58-25-21-56(22-26-58)54-17-13-10-14-18-54)72(63-39-49(5)33-50(6)40-63)64-41-51(7)34-52(8)42-64/h9-44H,1-8H3. The van der Waals surface area contributed by atoms with Crippen molar-refractivity contribution in [2.75, 3.05) is 9.80 Å². The second-order valence-electron chi connectivity index (χ2n) is 20.2. The maximum atomic E-state index is 2.46. The average molecular weight is 929 g/mol. The number of hydrogen-bond acceptors (Lipinski definition) is 2. The molecule has 0 aromatic heterocycles. The van der Waals surface area contributed by atoms with Crippen LogP contribution in [0.3, 0.4) is 0 Å². The van der Waals surface area contributed by atoms with E-state index in [1.165, 1.54) is 111 Å². The lowest BCUT2D eigenvalue weighted by Gasteiger charge is -2.29. The molecule has 0 aliphatic rings. The Hall–Kier alpha value is -8.46. The molecule has 11 aromatic rings. The van der Waals surface area contributed by atoms with Gasteiger partial charge in [-0.1, -0.05) is 146 Å². The number of anilines is 6. The van der Waals surface area contributed by atoms with Gasteiger partial charge in [-0.2, -0.15) is 0 Å². The smallest absolute Gasteiger partial charge is 0.0468 e. The Balaban J connectivity index is 1.24. The first-order chi connectivity index (χ1) is 34.9. The van der Waals surface area contributed by atoms with E-state index in [4.69, 9.17) is 0 Å². The molecule has 72 heavy (non-hydrogen) atoms. The molecule has 350 valence electrons. The number of fused-ring (bicyclic) bond motifs is 2. The molecule has 0 radical (unpaired) electrons. The van der Waals surface area contributed by atoms with Crippen LogP contribution in [0.5, 0.6) is 0 Å². The zero-order valence-electron chi connectivity index (χ0n) is 42.7. The molecule has 11 rings (SSSR count). The number of rotatable bonds is 10. The predicted octanol–water partition coefficient (Wildman–Crippen LogP) is 20.1. The van der Waals surface area contributed by atoms with Gasteiger partial charge in [0.1, 0.15) is 0 Å². The number of aryl methyl sites for hydroxylation is 8. The lowest BCUT2D eigenvalue weighted by molar-refractivity contribution is 1.24. The first-order valence-electron chi connectivity index (χ1n) is 25.2. The molecular formula is C70H60N2. The van der Waals surface area contributed by atoms with Crippen molar-refractivity contribution in [3.63, 3.8) is 0 Å². The minimum Gasteiger partial charge on any atom is -0.310 e. The minimum absolute atomic E-state index is 1.11. The van der Waals surface area contributed by atoms with E-state index in [0.717, 1.165) is 34.1 Å². The van der Waals surface area contributed by atoms with Crippen LogP contribution in [-0.2, 0) is 0 Å². The predicted molar refractivity (Wildman–Crippen MR) is 310 cm³/mol. The van der Waals surface area contributed by atoms with Crippen molar-refractivity contribution in [3.05, 3.63) is 263 Å². The highest BCUT2D eigenvalue weighted by Gasteiger charge is 2.23. The van der Waals surface area contributed by atoms with Gasteiger partial charge >= 0.3 is 0 Å². The van der Waals surface area contributed by atoms with Crippen LogP contribution in [0.1, 0.15) is 44.5 Å². The summed E-state index contributed by atoms with van der Waals surface area (Å²) in [6.07, 6.45) is 0. The third kappa shape index (κ3) is 9.09. The molecule has 11 aromatic carbocycles. The van der Waals surface area contributed by atoms with Gasteiger partial charge in [0.25, 0.3) is 0 Å². The van der Waals surface area contributed by atoms with Crippen molar-refractivity contribution in [1.29, 1.82) is 0 Å². The van der Waals surface area contributed by atoms with Crippen molar-refractivity contribution < 1.29 is 0 Å². The summed E-state index contributed by atoms with van der Waals surface area (Å²) in [5.41, 5.74) is 26.2. The summed E-state index contributed by atoms with van der Waals surface area (Å²) in [5.74, 6) is 0. The zero-order valence-corrected chi connectivity index (χ0v) is 42.7. The molecule has 0 saturated heterocycles. The lowest BCUT2D eigenvalue weighted by atomic mass is 9.84.